The number of aryl methyl sites for hydroxylation is 1. The Morgan fingerprint density at radius 1 is 1.17 bits per heavy atom. The zero-order valence-electron chi connectivity index (χ0n) is 9.77. The van der Waals surface area contributed by atoms with Crippen LogP contribution in [-0.4, -0.2) is 0 Å². The number of benzene rings is 2. The fourth-order valence-corrected chi connectivity index (χ4v) is 1.77. The van der Waals surface area contributed by atoms with Gasteiger partial charge in [-0.15, -0.1) is 0 Å². The number of nitrogen functional groups attached to an aromatic ring is 1. The molecule has 2 rings (SSSR count). The summed E-state index contributed by atoms with van der Waals surface area (Å²) in [4.78, 5) is 0. The second-order valence-electron chi connectivity index (χ2n) is 3.90. The maximum absolute atomic E-state index is 9.05. The summed E-state index contributed by atoms with van der Waals surface area (Å²) in [5.41, 5.74) is 7.65. The molecular formula is C14H11ClN2O. The van der Waals surface area contributed by atoms with Crippen LogP contribution in [0.15, 0.2) is 36.4 Å². The van der Waals surface area contributed by atoms with Crippen molar-refractivity contribution in [3.63, 3.8) is 0 Å². The molecule has 0 aliphatic rings. The third-order valence-corrected chi connectivity index (χ3v) is 2.73. The van der Waals surface area contributed by atoms with E-state index in [1.165, 1.54) is 0 Å². The molecule has 0 heterocycles. The molecule has 0 amide bonds. The van der Waals surface area contributed by atoms with Gasteiger partial charge in [0.25, 0.3) is 0 Å². The van der Waals surface area contributed by atoms with Crippen LogP contribution in [0.2, 0.25) is 5.02 Å². The van der Waals surface area contributed by atoms with E-state index >= 15 is 0 Å². The van der Waals surface area contributed by atoms with E-state index in [0.717, 1.165) is 5.56 Å². The highest BCUT2D eigenvalue weighted by atomic mass is 35.5. The molecule has 2 aromatic rings. The van der Waals surface area contributed by atoms with Gasteiger partial charge in [-0.3, -0.25) is 0 Å². The summed E-state index contributed by atoms with van der Waals surface area (Å²) in [6.07, 6.45) is 0. The van der Waals surface area contributed by atoms with Crippen LogP contribution in [0.4, 0.5) is 5.69 Å². The fraction of sp³-hybridized carbons (Fsp3) is 0.0714. The summed E-state index contributed by atoms with van der Waals surface area (Å²) in [6, 6.07) is 12.5. The average Bonchev–Trinajstić information content (AvgIpc) is 2.34. The van der Waals surface area contributed by atoms with Gasteiger partial charge < -0.3 is 10.5 Å². The molecule has 0 radical (unpaired) electrons. The monoisotopic (exact) mass is 258 g/mol. The van der Waals surface area contributed by atoms with Crippen molar-refractivity contribution < 1.29 is 4.74 Å². The van der Waals surface area contributed by atoms with Crippen molar-refractivity contribution in [2.45, 2.75) is 6.92 Å². The Bertz CT molecular complexity index is 632. The van der Waals surface area contributed by atoms with Crippen LogP contribution in [0, 0.1) is 18.3 Å². The number of hydrogen-bond acceptors (Lipinski definition) is 3. The smallest absolute Gasteiger partial charge is 0.146 e. The van der Waals surface area contributed by atoms with Crippen LogP contribution in [-0.2, 0) is 0 Å². The molecule has 90 valence electrons. The summed E-state index contributed by atoms with van der Waals surface area (Å²) in [6.45, 7) is 1.92. The predicted octanol–water partition coefficient (Wildman–Crippen LogP) is 3.89. The van der Waals surface area contributed by atoms with Crippen LogP contribution in [0.1, 0.15) is 11.1 Å². The van der Waals surface area contributed by atoms with Gasteiger partial charge in [0.2, 0.25) is 0 Å². The van der Waals surface area contributed by atoms with E-state index in [4.69, 9.17) is 27.3 Å². The van der Waals surface area contributed by atoms with Gasteiger partial charge in [0.1, 0.15) is 17.6 Å². The molecule has 3 nitrogen and oxygen atoms in total. The maximum Gasteiger partial charge on any atom is 0.146 e. The summed E-state index contributed by atoms with van der Waals surface area (Å²) in [7, 11) is 0. The van der Waals surface area contributed by atoms with E-state index in [9.17, 15) is 0 Å². The first-order valence-corrected chi connectivity index (χ1v) is 5.71. The number of nitrogens with zero attached hydrogens (tertiary/aromatic N) is 1. The van der Waals surface area contributed by atoms with Crippen molar-refractivity contribution >= 4 is 17.3 Å². The molecule has 0 aliphatic carbocycles. The third-order valence-electron chi connectivity index (χ3n) is 2.43. The topological polar surface area (TPSA) is 59.0 Å². The number of ether oxygens (including phenoxy) is 1. The van der Waals surface area contributed by atoms with Crippen molar-refractivity contribution in [2.75, 3.05) is 5.73 Å². The number of anilines is 1. The Kier molecular flexibility index (Phi) is 3.40. The normalized spacial score (nSPS) is 9.83. The SMILES string of the molecule is Cc1ccc(Oc2ccc(N)cc2Cl)c(C#N)c1. The molecule has 4 heteroatoms. The van der Waals surface area contributed by atoms with Gasteiger partial charge in [-0.05, 0) is 42.8 Å². The van der Waals surface area contributed by atoms with Crippen LogP contribution in [0.25, 0.3) is 0 Å². The van der Waals surface area contributed by atoms with Gasteiger partial charge in [0, 0.05) is 5.69 Å². The van der Waals surface area contributed by atoms with E-state index in [0.29, 0.717) is 27.8 Å². The van der Waals surface area contributed by atoms with Crippen LogP contribution in [0.3, 0.4) is 0 Å². The summed E-state index contributed by atoms with van der Waals surface area (Å²) < 4.78 is 5.63. The van der Waals surface area contributed by atoms with Crippen molar-refractivity contribution in [1.82, 2.24) is 0 Å². The summed E-state index contributed by atoms with van der Waals surface area (Å²) in [5, 5.41) is 9.47. The molecule has 0 bridgehead atoms. The molecule has 2 N–H and O–H groups in total. The first-order chi connectivity index (χ1) is 8.60. The summed E-state index contributed by atoms with van der Waals surface area (Å²) >= 11 is 6.02. The minimum absolute atomic E-state index is 0.416. The lowest BCUT2D eigenvalue weighted by atomic mass is 10.1. The molecule has 0 saturated heterocycles. The van der Waals surface area contributed by atoms with Crippen molar-refractivity contribution in [3.05, 3.63) is 52.5 Å². The third kappa shape index (κ3) is 2.55. The molecule has 0 atom stereocenters. The van der Waals surface area contributed by atoms with Gasteiger partial charge >= 0.3 is 0 Å². The number of halogens is 1. The molecule has 0 saturated carbocycles. The molecule has 0 aromatic heterocycles. The summed E-state index contributed by atoms with van der Waals surface area (Å²) in [5.74, 6) is 0.959. The van der Waals surface area contributed by atoms with E-state index < -0.39 is 0 Å². The minimum atomic E-state index is 0.416. The van der Waals surface area contributed by atoms with Gasteiger partial charge in [0.05, 0.1) is 10.6 Å². The number of rotatable bonds is 2. The maximum atomic E-state index is 9.05. The quantitative estimate of drug-likeness (QED) is 0.831. The van der Waals surface area contributed by atoms with Gasteiger partial charge in [-0.2, -0.15) is 5.26 Å². The molecular weight excluding hydrogens is 248 g/mol. The molecule has 18 heavy (non-hydrogen) atoms. The molecule has 2 aromatic carbocycles. The first-order valence-electron chi connectivity index (χ1n) is 5.34. The van der Waals surface area contributed by atoms with Crippen LogP contribution in [0.5, 0.6) is 11.5 Å². The molecule has 0 aliphatic heterocycles. The minimum Gasteiger partial charge on any atom is -0.454 e. The molecule has 0 fully saturated rings. The van der Waals surface area contributed by atoms with Crippen molar-refractivity contribution in [2.24, 2.45) is 0 Å². The second-order valence-corrected chi connectivity index (χ2v) is 4.31. The van der Waals surface area contributed by atoms with Crippen LogP contribution < -0.4 is 10.5 Å². The van der Waals surface area contributed by atoms with Gasteiger partial charge in [0.15, 0.2) is 0 Å². The second kappa shape index (κ2) is 4.99. The zero-order chi connectivity index (χ0) is 13.1. The highest BCUT2D eigenvalue weighted by Crippen LogP contribution is 2.32. The molecule has 0 spiro atoms. The zero-order valence-corrected chi connectivity index (χ0v) is 10.5. The number of hydrogen-bond donors (Lipinski definition) is 1. The van der Waals surface area contributed by atoms with Crippen molar-refractivity contribution in [1.29, 1.82) is 5.26 Å². The Morgan fingerprint density at radius 3 is 2.56 bits per heavy atom. The number of nitrogens with two attached hydrogens (primary N) is 1. The molecule has 0 unspecified atom stereocenters. The Labute approximate surface area is 110 Å². The Morgan fingerprint density at radius 2 is 1.89 bits per heavy atom. The van der Waals surface area contributed by atoms with E-state index in [1.807, 2.05) is 13.0 Å². The van der Waals surface area contributed by atoms with Crippen molar-refractivity contribution in [3.8, 4) is 17.6 Å². The van der Waals surface area contributed by atoms with Crippen LogP contribution >= 0.6 is 11.6 Å². The highest BCUT2D eigenvalue weighted by molar-refractivity contribution is 6.32. The first kappa shape index (κ1) is 12.3. The predicted molar refractivity (Wildman–Crippen MR) is 71.8 cm³/mol. The van der Waals surface area contributed by atoms with E-state index in [-0.39, 0.29) is 0 Å². The van der Waals surface area contributed by atoms with Gasteiger partial charge in [-0.1, -0.05) is 17.7 Å². The standard InChI is InChI=1S/C14H11ClN2O/c1-9-2-4-13(10(6-9)8-16)18-14-5-3-11(17)7-12(14)15/h2-7H,17H2,1H3. The Hall–Kier alpha value is -2.18. The van der Waals surface area contributed by atoms with Gasteiger partial charge in [-0.25, -0.2) is 0 Å². The lowest BCUT2D eigenvalue weighted by Crippen LogP contribution is -1.91. The lowest BCUT2D eigenvalue weighted by Gasteiger charge is -2.09. The Balaban J connectivity index is 2.37. The number of nitriles is 1. The lowest BCUT2D eigenvalue weighted by molar-refractivity contribution is 0.481. The average molecular weight is 259 g/mol. The van der Waals surface area contributed by atoms with E-state index in [1.54, 1.807) is 30.3 Å². The fourth-order valence-electron chi connectivity index (χ4n) is 1.54. The van der Waals surface area contributed by atoms with E-state index in [2.05, 4.69) is 6.07 Å². The largest absolute Gasteiger partial charge is 0.454 e. The highest BCUT2D eigenvalue weighted by Gasteiger charge is 2.08.